The number of hydrogen-bond donors (Lipinski definition) is 2. The average Bonchev–Trinajstić information content (AvgIpc) is 2.69. The van der Waals surface area contributed by atoms with E-state index in [1.165, 1.54) is 0 Å². The van der Waals surface area contributed by atoms with Gasteiger partial charge in [0.2, 0.25) is 5.91 Å². The molecule has 2 N–H and O–H groups in total. The lowest BCUT2D eigenvalue weighted by Gasteiger charge is -2.31. The van der Waals surface area contributed by atoms with Gasteiger partial charge in [0.25, 0.3) is 5.91 Å². The van der Waals surface area contributed by atoms with Crippen LogP contribution in [0.3, 0.4) is 0 Å². The highest BCUT2D eigenvalue weighted by molar-refractivity contribution is 14.0. The Balaban J connectivity index is 0.00000300. The van der Waals surface area contributed by atoms with Gasteiger partial charge in [-0.3, -0.25) is 14.6 Å². The Morgan fingerprint density at radius 2 is 2.07 bits per heavy atom. The molecule has 0 bridgehead atoms. The molecule has 0 aromatic heterocycles. The van der Waals surface area contributed by atoms with Crippen molar-refractivity contribution < 1.29 is 14.3 Å². The highest BCUT2D eigenvalue weighted by atomic mass is 127. The highest BCUT2D eigenvalue weighted by Gasteiger charge is 2.25. The Hall–Kier alpha value is -2.04. The summed E-state index contributed by atoms with van der Waals surface area (Å²) in [6.07, 6.45) is 2.12. The van der Waals surface area contributed by atoms with Crippen molar-refractivity contribution in [3.8, 4) is 5.75 Å². The van der Waals surface area contributed by atoms with Crippen LogP contribution in [-0.2, 0) is 9.59 Å². The lowest BCUT2D eigenvalue weighted by molar-refractivity contribution is -0.132. The molecule has 29 heavy (non-hydrogen) atoms. The Morgan fingerprint density at radius 1 is 1.28 bits per heavy atom. The van der Waals surface area contributed by atoms with Gasteiger partial charge in [-0.1, -0.05) is 12.1 Å². The van der Waals surface area contributed by atoms with Crippen LogP contribution < -0.4 is 20.3 Å². The molecule has 1 aromatic rings. The number of carbonyl (C=O) groups is 2. The number of hydrogen-bond acceptors (Lipinski definition) is 4. The molecule has 2 heterocycles. The van der Waals surface area contributed by atoms with Crippen molar-refractivity contribution in [3.05, 3.63) is 24.3 Å². The molecule has 3 rings (SSSR count). The van der Waals surface area contributed by atoms with Crippen molar-refractivity contribution in [1.29, 1.82) is 0 Å². The topological polar surface area (TPSA) is 86.3 Å². The van der Waals surface area contributed by atoms with Gasteiger partial charge in [0, 0.05) is 45.7 Å². The van der Waals surface area contributed by atoms with Crippen LogP contribution in [0.5, 0.6) is 5.75 Å². The molecule has 1 fully saturated rings. The third kappa shape index (κ3) is 6.22. The summed E-state index contributed by atoms with van der Waals surface area (Å²) in [6.45, 7) is 4.76. The number of nitrogens with one attached hydrogen (secondary N) is 2. The predicted octanol–water partition coefficient (Wildman–Crippen LogP) is 1.60. The lowest BCUT2D eigenvalue weighted by Crippen LogP contribution is -2.51. The largest absolute Gasteiger partial charge is 0.482 e. The molecule has 1 saturated heterocycles. The summed E-state index contributed by atoms with van der Waals surface area (Å²) in [5.41, 5.74) is 0.822. The predicted molar refractivity (Wildman–Crippen MR) is 124 cm³/mol. The van der Waals surface area contributed by atoms with Gasteiger partial charge < -0.3 is 25.2 Å². The maximum Gasteiger partial charge on any atom is 0.265 e. The van der Waals surface area contributed by atoms with Crippen molar-refractivity contribution in [2.45, 2.75) is 32.2 Å². The minimum absolute atomic E-state index is 0. The number of nitrogens with zero attached hydrogens (tertiary/aromatic N) is 3. The first-order valence-electron chi connectivity index (χ1n) is 9.89. The molecule has 0 radical (unpaired) electrons. The zero-order chi connectivity index (χ0) is 19.9. The van der Waals surface area contributed by atoms with Gasteiger partial charge >= 0.3 is 0 Å². The van der Waals surface area contributed by atoms with Gasteiger partial charge in [0.15, 0.2) is 12.6 Å². The summed E-state index contributed by atoms with van der Waals surface area (Å²) in [7, 11) is 1.83. The molecule has 2 aliphatic rings. The monoisotopic (exact) mass is 515 g/mol. The Bertz CT molecular complexity index is 743. The SMILES string of the molecule is CCNC(=NCCCN1C(=O)COc2ccccc21)NC1CCC(=O)N(C)C1.I. The second-order valence-electron chi connectivity index (χ2n) is 7.07. The van der Waals surface area contributed by atoms with Gasteiger partial charge in [-0.2, -0.15) is 0 Å². The molecular formula is C20H30IN5O3. The van der Waals surface area contributed by atoms with Crippen LogP contribution in [0, 0.1) is 0 Å². The van der Waals surface area contributed by atoms with E-state index in [9.17, 15) is 9.59 Å². The van der Waals surface area contributed by atoms with Crippen molar-refractivity contribution in [3.63, 3.8) is 0 Å². The molecular weight excluding hydrogens is 485 g/mol. The molecule has 9 heteroatoms. The molecule has 160 valence electrons. The smallest absolute Gasteiger partial charge is 0.265 e. The number of likely N-dealkylation sites (tertiary alicyclic amines) is 1. The fourth-order valence-corrected chi connectivity index (χ4v) is 3.46. The number of likely N-dealkylation sites (N-methyl/N-ethyl adjacent to an activating group) is 1. The third-order valence-electron chi connectivity index (χ3n) is 4.93. The number of rotatable bonds is 6. The van der Waals surface area contributed by atoms with E-state index in [0.29, 0.717) is 26.1 Å². The summed E-state index contributed by atoms with van der Waals surface area (Å²) in [4.78, 5) is 32.0. The molecule has 1 atom stereocenters. The average molecular weight is 515 g/mol. The van der Waals surface area contributed by atoms with Crippen LogP contribution in [0.2, 0.25) is 0 Å². The van der Waals surface area contributed by atoms with Gasteiger partial charge in [-0.25, -0.2) is 0 Å². The number of carbonyl (C=O) groups excluding carboxylic acids is 2. The summed E-state index contributed by atoms with van der Waals surface area (Å²) in [5, 5.41) is 6.67. The molecule has 1 aromatic carbocycles. The number of piperidine rings is 1. The van der Waals surface area contributed by atoms with Crippen LogP contribution in [0.15, 0.2) is 29.3 Å². The van der Waals surface area contributed by atoms with Crippen molar-refractivity contribution in [2.24, 2.45) is 4.99 Å². The van der Waals surface area contributed by atoms with Crippen molar-refractivity contribution >= 4 is 47.4 Å². The van der Waals surface area contributed by atoms with E-state index >= 15 is 0 Å². The number of ether oxygens (including phenoxy) is 1. The molecule has 0 spiro atoms. The van der Waals surface area contributed by atoms with E-state index in [-0.39, 0.29) is 48.4 Å². The first-order valence-corrected chi connectivity index (χ1v) is 9.89. The minimum Gasteiger partial charge on any atom is -0.482 e. The summed E-state index contributed by atoms with van der Waals surface area (Å²) < 4.78 is 5.48. The van der Waals surface area contributed by atoms with E-state index in [1.807, 2.05) is 38.2 Å². The van der Waals surface area contributed by atoms with E-state index in [2.05, 4.69) is 15.6 Å². The van der Waals surface area contributed by atoms with E-state index in [0.717, 1.165) is 36.8 Å². The van der Waals surface area contributed by atoms with Crippen molar-refractivity contribution in [1.82, 2.24) is 15.5 Å². The first-order chi connectivity index (χ1) is 13.6. The minimum atomic E-state index is -0.0254. The van der Waals surface area contributed by atoms with E-state index in [4.69, 9.17) is 4.74 Å². The number of fused-ring (bicyclic) bond motifs is 1. The summed E-state index contributed by atoms with van der Waals surface area (Å²) in [6, 6.07) is 7.80. The molecule has 2 amide bonds. The standard InChI is InChI=1S/C20H29N5O3.HI/c1-3-21-20(23-15-9-10-18(26)24(2)13-15)22-11-6-12-25-16-7-4-5-8-17(16)28-14-19(25)27;/h4-5,7-8,15H,3,6,9-14H2,1-2H3,(H2,21,22,23);1H. The zero-order valence-corrected chi connectivity index (χ0v) is 19.3. The van der Waals surface area contributed by atoms with Crippen LogP contribution in [0.4, 0.5) is 5.69 Å². The molecule has 0 saturated carbocycles. The van der Waals surface area contributed by atoms with Crippen LogP contribution in [0.25, 0.3) is 0 Å². The fourth-order valence-electron chi connectivity index (χ4n) is 3.46. The van der Waals surface area contributed by atoms with Gasteiger partial charge in [-0.05, 0) is 31.9 Å². The Morgan fingerprint density at radius 3 is 2.83 bits per heavy atom. The quantitative estimate of drug-likeness (QED) is 0.260. The number of halogens is 1. The summed E-state index contributed by atoms with van der Waals surface area (Å²) >= 11 is 0. The number of aliphatic imine (C=N–C) groups is 1. The third-order valence-corrected chi connectivity index (χ3v) is 4.93. The summed E-state index contributed by atoms with van der Waals surface area (Å²) in [5.74, 6) is 1.67. The number of anilines is 1. The Labute approximate surface area is 189 Å². The van der Waals surface area contributed by atoms with E-state index < -0.39 is 0 Å². The Kier molecular flexibility index (Phi) is 8.99. The lowest BCUT2D eigenvalue weighted by atomic mass is 10.1. The van der Waals surface area contributed by atoms with Crippen LogP contribution >= 0.6 is 24.0 Å². The maximum atomic E-state index is 12.2. The van der Waals surface area contributed by atoms with E-state index in [1.54, 1.807) is 9.80 Å². The number of benzene rings is 1. The molecule has 1 unspecified atom stereocenters. The van der Waals surface area contributed by atoms with Crippen molar-refractivity contribution in [2.75, 3.05) is 44.7 Å². The van der Waals surface area contributed by atoms with Gasteiger partial charge in [0.1, 0.15) is 5.75 Å². The highest BCUT2D eigenvalue weighted by Crippen LogP contribution is 2.31. The molecule has 2 aliphatic heterocycles. The normalized spacial score (nSPS) is 19.2. The molecule has 8 nitrogen and oxygen atoms in total. The second kappa shape index (κ2) is 11.2. The van der Waals surface area contributed by atoms with Gasteiger partial charge in [0.05, 0.1) is 5.69 Å². The second-order valence-corrected chi connectivity index (χ2v) is 7.07. The number of guanidine groups is 1. The number of amides is 2. The van der Waals surface area contributed by atoms with Gasteiger partial charge in [-0.15, -0.1) is 24.0 Å². The zero-order valence-electron chi connectivity index (χ0n) is 17.0. The number of para-hydroxylation sites is 2. The molecule has 0 aliphatic carbocycles. The first kappa shape index (κ1) is 23.2. The van der Waals surface area contributed by atoms with Crippen LogP contribution in [0.1, 0.15) is 26.2 Å². The maximum absolute atomic E-state index is 12.2. The fraction of sp³-hybridized carbons (Fsp3) is 0.550. The van der Waals surface area contributed by atoms with Crippen LogP contribution in [-0.4, -0.2) is 68.5 Å².